The number of Topliss-reactive ketones (excluding diaryl/α,β-unsaturated/α-hetero) is 1. The molecule has 1 aromatic heterocycles. The maximum atomic E-state index is 10.8. The minimum absolute atomic E-state index is 0.215. The lowest BCUT2D eigenvalue weighted by Gasteiger charge is -2.00. The van der Waals surface area contributed by atoms with E-state index >= 15 is 0 Å². The Morgan fingerprint density at radius 2 is 2.36 bits per heavy atom. The Labute approximate surface area is 63.3 Å². The number of nitrogens with zero attached hydrogens (tertiary/aromatic N) is 1. The highest BCUT2D eigenvalue weighted by Gasteiger charge is 2.15. The number of hydrogen-bond acceptors (Lipinski definition) is 3. The summed E-state index contributed by atoms with van der Waals surface area (Å²) in [5, 5.41) is 19.8. The highest BCUT2D eigenvalue weighted by atomic mass is 16.5. The summed E-state index contributed by atoms with van der Waals surface area (Å²) in [6.07, 6.45) is 1.16. The molecule has 0 aliphatic carbocycles. The number of carbonyl (C=O) groups is 1. The molecule has 0 aromatic carbocycles. The van der Waals surface area contributed by atoms with Gasteiger partial charge >= 0.3 is 5.69 Å². The van der Waals surface area contributed by atoms with Crippen LogP contribution in [0.5, 0.6) is 5.75 Å². The Balaban J connectivity index is 3.32. The first-order valence-corrected chi connectivity index (χ1v) is 3.05. The zero-order valence-corrected chi connectivity index (χ0v) is 5.94. The Kier molecular flexibility index (Phi) is 1.76. The fourth-order valence-corrected chi connectivity index (χ4v) is 0.814. The first-order chi connectivity index (χ1) is 5.13. The van der Waals surface area contributed by atoms with Crippen LogP contribution in [-0.4, -0.2) is 10.9 Å². The van der Waals surface area contributed by atoms with Crippen LogP contribution in [0.2, 0.25) is 0 Å². The second-order valence-corrected chi connectivity index (χ2v) is 2.12. The molecule has 58 valence electrons. The molecule has 0 aliphatic heterocycles. The van der Waals surface area contributed by atoms with Crippen molar-refractivity contribution in [2.24, 2.45) is 0 Å². The molecule has 11 heavy (non-hydrogen) atoms. The van der Waals surface area contributed by atoms with Gasteiger partial charge in [0, 0.05) is 13.0 Å². The lowest BCUT2D eigenvalue weighted by atomic mass is 10.2. The Morgan fingerprint density at radius 1 is 1.73 bits per heavy atom. The van der Waals surface area contributed by atoms with E-state index in [0.29, 0.717) is 4.73 Å². The molecular weight excluding hydrogens is 146 g/mol. The first kappa shape index (κ1) is 7.53. The third kappa shape index (κ3) is 1.29. The van der Waals surface area contributed by atoms with Crippen LogP contribution in [0.25, 0.3) is 0 Å². The normalized spacial score (nSPS) is 9.55. The molecule has 0 bridgehead atoms. The van der Waals surface area contributed by atoms with Gasteiger partial charge in [0.05, 0.1) is 0 Å². The minimum atomic E-state index is -0.446. The van der Waals surface area contributed by atoms with E-state index in [1.807, 2.05) is 0 Å². The number of pyridine rings is 1. The van der Waals surface area contributed by atoms with Gasteiger partial charge in [0.1, 0.15) is 0 Å². The van der Waals surface area contributed by atoms with E-state index in [1.165, 1.54) is 19.1 Å². The van der Waals surface area contributed by atoms with Gasteiger partial charge in [-0.25, -0.2) is 0 Å². The van der Waals surface area contributed by atoms with Crippen molar-refractivity contribution in [3.05, 3.63) is 29.2 Å². The Morgan fingerprint density at radius 3 is 2.73 bits per heavy atom. The van der Waals surface area contributed by atoms with Crippen molar-refractivity contribution in [1.82, 2.24) is 0 Å². The molecule has 0 amide bonds. The molecule has 4 heteroatoms. The van der Waals surface area contributed by atoms with Gasteiger partial charge in [0.2, 0.25) is 5.78 Å². The van der Waals surface area contributed by atoms with Crippen molar-refractivity contribution in [1.29, 1.82) is 0 Å². The molecule has 0 saturated carbocycles. The summed E-state index contributed by atoms with van der Waals surface area (Å²) in [7, 11) is 0. The molecule has 0 unspecified atom stereocenters. The van der Waals surface area contributed by atoms with E-state index in [4.69, 9.17) is 5.11 Å². The summed E-state index contributed by atoms with van der Waals surface area (Å²) in [5.41, 5.74) is -0.215. The number of ketones is 1. The average molecular weight is 153 g/mol. The number of aromatic hydroxyl groups is 1. The summed E-state index contributed by atoms with van der Waals surface area (Å²) in [4.78, 5) is 10.7. The highest BCUT2D eigenvalue weighted by molar-refractivity contribution is 5.93. The summed E-state index contributed by atoms with van der Waals surface area (Å²) in [5.74, 6) is -0.729. The SMILES string of the molecule is CC(=O)c1c(O)ccc[n+]1[O-]. The Hall–Kier alpha value is -1.58. The van der Waals surface area contributed by atoms with Gasteiger partial charge in [-0.1, -0.05) is 0 Å². The highest BCUT2D eigenvalue weighted by Crippen LogP contribution is 2.10. The van der Waals surface area contributed by atoms with Gasteiger partial charge in [0.15, 0.2) is 11.9 Å². The van der Waals surface area contributed by atoms with Crippen LogP contribution in [0, 0.1) is 5.21 Å². The van der Waals surface area contributed by atoms with Gasteiger partial charge in [-0.15, -0.1) is 0 Å². The molecule has 0 atom stereocenters. The molecule has 1 N–H and O–H groups in total. The molecular formula is C7H7NO3. The minimum Gasteiger partial charge on any atom is -0.618 e. The molecule has 0 spiro atoms. The summed E-state index contributed by atoms with van der Waals surface area (Å²) in [6, 6.07) is 2.67. The van der Waals surface area contributed by atoms with Crippen LogP contribution in [0.3, 0.4) is 0 Å². The zero-order valence-electron chi connectivity index (χ0n) is 5.94. The molecule has 0 aliphatic rings. The van der Waals surface area contributed by atoms with E-state index in [9.17, 15) is 10.0 Å². The summed E-state index contributed by atoms with van der Waals surface area (Å²) >= 11 is 0. The number of hydrogen-bond donors (Lipinski definition) is 1. The van der Waals surface area contributed by atoms with Crippen LogP contribution in [0.4, 0.5) is 0 Å². The van der Waals surface area contributed by atoms with Gasteiger partial charge < -0.3 is 10.3 Å². The predicted octanol–water partition coefficient (Wildman–Crippen LogP) is 0.228. The van der Waals surface area contributed by atoms with Crippen LogP contribution in [0.15, 0.2) is 18.3 Å². The molecule has 1 rings (SSSR count). The van der Waals surface area contributed by atoms with E-state index < -0.39 is 5.78 Å². The molecule has 0 radical (unpaired) electrons. The molecule has 4 nitrogen and oxygen atoms in total. The fraction of sp³-hybridized carbons (Fsp3) is 0.143. The van der Waals surface area contributed by atoms with Gasteiger partial charge in [-0.3, -0.25) is 4.79 Å². The van der Waals surface area contributed by atoms with E-state index in [0.717, 1.165) is 6.20 Å². The van der Waals surface area contributed by atoms with Crippen LogP contribution in [-0.2, 0) is 0 Å². The molecule has 0 saturated heterocycles. The van der Waals surface area contributed by atoms with Crippen LogP contribution in [0.1, 0.15) is 17.4 Å². The molecule has 1 heterocycles. The van der Waals surface area contributed by atoms with Gasteiger partial charge in [-0.2, -0.15) is 4.73 Å². The van der Waals surface area contributed by atoms with Crippen LogP contribution < -0.4 is 4.73 Å². The van der Waals surface area contributed by atoms with Crippen molar-refractivity contribution < 1.29 is 14.6 Å². The molecule has 0 fully saturated rings. The van der Waals surface area contributed by atoms with Crippen molar-refractivity contribution in [2.45, 2.75) is 6.92 Å². The molecule has 1 aromatic rings. The Bertz CT molecular complexity index is 275. The van der Waals surface area contributed by atoms with Crippen molar-refractivity contribution in [3.8, 4) is 5.75 Å². The first-order valence-electron chi connectivity index (χ1n) is 3.05. The lowest BCUT2D eigenvalue weighted by molar-refractivity contribution is -0.608. The summed E-state index contributed by atoms with van der Waals surface area (Å²) in [6.45, 7) is 1.23. The monoisotopic (exact) mass is 153 g/mol. The quantitative estimate of drug-likeness (QED) is 0.357. The predicted molar refractivity (Wildman–Crippen MR) is 37.1 cm³/mol. The third-order valence-corrected chi connectivity index (χ3v) is 1.27. The summed E-state index contributed by atoms with van der Waals surface area (Å²) < 4.78 is 0.345. The maximum absolute atomic E-state index is 10.8. The van der Waals surface area contributed by atoms with Gasteiger partial charge in [-0.05, 0) is 6.07 Å². The van der Waals surface area contributed by atoms with Crippen molar-refractivity contribution in [3.63, 3.8) is 0 Å². The third-order valence-electron chi connectivity index (χ3n) is 1.27. The number of aromatic nitrogens is 1. The largest absolute Gasteiger partial charge is 0.618 e. The lowest BCUT2D eigenvalue weighted by Crippen LogP contribution is -2.33. The smallest absolute Gasteiger partial charge is 0.301 e. The van der Waals surface area contributed by atoms with E-state index in [2.05, 4.69) is 0 Å². The topological polar surface area (TPSA) is 64.2 Å². The second-order valence-electron chi connectivity index (χ2n) is 2.12. The van der Waals surface area contributed by atoms with E-state index in [-0.39, 0.29) is 11.4 Å². The standard InChI is InChI=1S/C7H7NO3/c1-5(9)7-6(10)3-2-4-8(7)11/h2-4,10H,1H3. The maximum Gasteiger partial charge on any atom is 0.301 e. The van der Waals surface area contributed by atoms with E-state index in [1.54, 1.807) is 0 Å². The van der Waals surface area contributed by atoms with Gasteiger partial charge in [0.25, 0.3) is 0 Å². The van der Waals surface area contributed by atoms with Crippen molar-refractivity contribution >= 4 is 5.78 Å². The zero-order chi connectivity index (χ0) is 8.43. The number of carbonyl (C=O) groups excluding carboxylic acids is 1. The number of rotatable bonds is 1. The fourth-order valence-electron chi connectivity index (χ4n) is 0.814. The van der Waals surface area contributed by atoms with Crippen LogP contribution >= 0.6 is 0 Å². The second kappa shape index (κ2) is 2.57. The van der Waals surface area contributed by atoms with Crippen molar-refractivity contribution in [2.75, 3.05) is 0 Å². The average Bonchev–Trinajstić information content (AvgIpc) is 1.85.